The average molecular weight is 323 g/mol. The van der Waals surface area contributed by atoms with E-state index in [0.29, 0.717) is 0 Å². The molecule has 0 aliphatic rings. The van der Waals surface area contributed by atoms with Crippen LogP contribution < -0.4 is 0 Å². The van der Waals surface area contributed by atoms with Crippen LogP contribution in [0.2, 0.25) is 0 Å². The number of pyridine rings is 1. The molecule has 3 rings (SSSR count). The molecule has 0 amide bonds. The minimum absolute atomic E-state index is 0.0871. The van der Waals surface area contributed by atoms with E-state index in [-0.39, 0.29) is 11.0 Å². The summed E-state index contributed by atoms with van der Waals surface area (Å²) in [6, 6.07) is 11.9. The maximum atomic E-state index is 11.8. The van der Waals surface area contributed by atoms with Gasteiger partial charge >= 0.3 is 0 Å². The number of rotatable bonds is 5. The summed E-state index contributed by atoms with van der Waals surface area (Å²) in [4.78, 5) is 20.1. The van der Waals surface area contributed by atoms with Crippen molar-refractivity contribution in [2.45, 2.75) is 12.5 Å². The highest BCUT2D eigenvalue weighted by molar-refractivity contribution is 8.13. The van der Waals surface area contributed by atoms with Gasteiger partial charge in [-0.2, -0.15) is 0 Å². The largest absolute Gasteiger partial charge is 0.337 e. The zero-order valence-electron chi connectivity index (χ0n) is 12.8. The number of carbonyl (C=O) groups is 1. The van der Waals surface area contributed by atoms with Gasteiger partial charge in [-0.1, -0.05) is 42.1 Å². The Morgan fingerprint density at radius 3 is 2.57 bits per heavy atom. The second kappa shape index (κ2) is 7.24. The summed E-state index contributed by atoms with van der Waals surface area (Å²) in [5.74, 6) is 0.163. The number of hydrogen-bond donors (Lipinski definition) is 0. The van der Waals surface area contributed by atoms with E-state index in [1.807, 2.05) is 49.1 Å². The molecule has 1 unspecified atom stereocenters. The first-order chi connectivity index (χ1) is 11.3. The van der Waals surface area contributed by atoms with E-state index in [1.54, 1.807) is 18.6 Å². The second-order valence-electron chi connectivity index (χ2n) is 5.21. The van der Waals surface area contributed by atoms with Crippen LogP contribution in [0.3, 0.4) is 0 Å². The molecule has 0 fully saturated rings. The predicted molar refractivity (Wildman–Crippen MR) is 92.6 cm³/mol. The molecule has 0 saturated carbocycles. The van der Waals surface area contributed by atoms with Crippen LogP contribution in [-0.4, -0.2) is 25.9 Å². The lowest BCUT2D eigenvalue weighted by Gasteiger charge is -2.18. The minimum Gasteiger partial charge on any atom is -0.337 e. The van der Waals surface area contributed by atoms with Crippen molar-refractivity contribution in [1.82, 2.24) is 14.5 Å². The molecular weight excluding hydrogens is 306 g/mol. The topological polar surface area (TPSA) is 47.8 Å². The Labute approximate surface area is 139 Å². The van der Waals surface area contributed by atoms with Crippen molar-refractivity contribution in [3.05, 3.63) is 84.2 Å². The Morgan fingerprint density at radius 1 is 1.13 bits per heavy atom. The van der Waals surface area contributed by atoms with Crippen molar-refractivity contribution < 1.29 is 4.79 Å². The Bertz CT molecular complexity index is 755. The number of carbonyl (C=O) groups excluding carboxylic acids is 1. The molecule has 2 heterocycles. The van der Waals surface area contributed by atoms with E-state index in [2.05, 4.69) is 20.6 Å². The van der Waals surface area contributed by atoms with Gasteiger partial charge in [-0.3, -0.25) is 9.78 Å². The van der Waals surface area contributed by atoms with Crippen molar-refractivity contribution in [3.8, 4) is 0 Å². The Morgan fingerprint density at radius 2 is 1.96 bits per heavy atom. The van der Waals surface area contributed by atoms with Crippen molar-refractivity contribution >= 4 is 16.9 Å². The summed E-state index contributed by atoms with van der Waals surface area (Å²) in [5, 5.41) is 0.0871. The fraction of sp³-hybridized carbons (Fsp3) is 0.167. The van der Waals surface area contributed by atoms with Gasteiger partial charge in [-0.25, -0.2) is 4.98 Å². The molecule has 0 aliphatic heterocycles. The predicted octanol–water partition coefficient (Wildman–Crippen LogP) is 3.61. The molecule has 1 atom stereocenters. The molecule has 0 N–H and O–H groups in total. The quantitative estimate of drug-likeness (QED) is 0.719. The maximum Gasteiger partial charge on any atom is 0.219 e. The Hall–Kier alpha value is -2.40. The highest BCUT2D eigenvalue weighted by atomic mass is 32.2. The number of thioether (sulfide) groups is 1. The molecule has 0 bridgehead atoms. The van der Waals surface area contributed by atoms with Crippen LogP contribution in [-0.2, 0) is 6.54 Å². The summed E-state index contributed by atoms with van der Waals surface area (Å²) >= 11 is 1.23. The van der Waals surface area contributed by atoms with Gasteiger partial charge in [-0.05, 0) is 23.4 Å². The van der Waals surface area contributed by atoms with Crippen LogP contribution >= 0.6 is 11.8 Å². The van der Waals surface area contributed by atoms with Gasteiger partial charge in [0.25, 0.3) is 0 Å². The van der Waals surface area contributed by atoms with E-state index in [0.717, 1.165) is 23.2 Å². The average Bonchev–Trinajstić information content (AvgIpc) is 3.13. The first kappa shape index (κ1) is 15.5. The molecule has 0 saturated heterocycles. The molecule has 23 heavy (non-hydrogen) atoms. The molecule has 2 aromatic heterocycles. The van der Waals surface area contributed by atoms with Gasteiger partial charge in [0.05, 0.1) is 6.33 Å². The molecule has 0 spiro atoms. The van der Waals surface area contributed by atoms with Crippen LogP contribution in [0, 0.1) is 0 Å². The molecule has 1 aromatic carbocycles. The van der Waals surface area contributed by atoms with E-state index in [9.17, 15) is 4.79 Å². The smallest absolute Gasteiger partial charge is 0.219 e. The van der Waals surface area contributed by atoms with E-state index >= 15 is 0 Å². The maximum absolute atomic E-state index is 11.8. The number of aromatic nitrogens is 3. The van der Waals surface area contributed by atoms with Crippen LogP contribution in [0.15, 0.2) is 67.5 Å². The minimum atomic E-state index is 0.0871. The van der Waals surface area contributed by atoms with E-state index in [4.69, 9.17) is 0 Å². The van der Waals surface area contributed by atoms with Gasteiger partial charge < -0.3 is 4.57 Å². The zero-order valence-corrected chi connectivity index (χ0v) is 13.6. The third kappa shape index (κ3) is 3.68. The molecule has 4 nitrogen and oxygen atoms in total. The summed E-state index contributed by atoms with van der Waals surface area (Å²) in [7, 11) is 0. The third-order valence-corrected chi connectivity index (χ3v) is 4.38. The van der Waals surface area contributed by atoms with Gasteiger partial charge in [0.1, 0.15) is 0 Å². The summed E-state index contributed by atoms with van der Waals surface area (Å²) in [6.07, 6.45) is 11.0. The van der Waals surface area contributed by atoms with Crippen LogP contribution in [0.1, 0.15) is 27.4 Å². The normalized spacial score (nSPS) is 12.0. The fourth-order valence-electron chi connectivity index (χ4n) is 2.56. The van der Waals surface area contributed by atoms with Crippen LogP contribution in [0.25, 0.3) is 0 Å². The second-order valence-corrected chi connectivity index (χ2v) is 5.99. The molecule has 0 radical (unpaired) electrons. The standard InChI is InChI=1S/C18H17N3OS/c1-23-18(22)15-6-4-14(5-7-15)17(12-21-10-9-20-13-21)16-3-2-8-19-11-16/h2-11,13,17H,12H2,1H3. The third-order valence-electron chi connectivity index (χ3n) is 3.77. The van der Waals surface area contributed by atoms with Crippen LogP contribution in [0.5, 0.6) is 0 Å². The number of nitrogens with zero attached hydrogens (tertiary/aromatic N) is 3. The monoisotopic (exact) mass is 323 g/mol. The lowest BCUT2D eigenvalue weighted by Crippen LogP contribution is -2.10. The lowest BCUT2D eigenvalue weighted by atomic mass is 9.91. The molecular formula is C18H17N3OS. The molecule has 5 heteroatoms. The van der Waals surface area contributed by atoms with Crippen LogP contribution in [0.4, 0.5) is 0 Å². The number of hydrogen-bond acceptors (Lipinski definition) is 4. The summed E-state index contributed by atoms with van der Waals surface area (Å²) in [6.45, 7) is 0.779. The van der Waals surface area contributed by atoms with Gasteiger partial charge in [0, 0.05) is 42.8 Å². The Balaban J connectivity index is 1.93. The zero-order chi connectivity index (χ0) is 16.1. The van der Waals surface area contributed by atoms with E-state index < -0.39 is 0 Å². The molecule has 0 aliphatic carbocycles. The highest BCUT2D eigenvalue weighted by Gasteiger charge is 2.16. The van der Waals surface area contributed by atoms with Crippen molar-refractivity contribution in [3.63, 3.8) is 0 Å². The highest BCUT2D eigenvalue weighted by Crippen LogP contribution is 2.26. The van der Waals surface area contributed by atoms with E-state index in [1.165, 1.54) is 11.8 Å². The van der Waals surface area contributed by atoms with Crippen molar-refractivity contribution in [2.75, 3.05) is 6.26 Å². The molecule has 3 aromatic rings. The van der Waals surface area contributed by atoms with Crippen molar-refractivity contribution in [1.29, 1.82) is 0 Å². The number of imidazole rings is 1. The number of benzene rings is 1. The van der Waals surface area contributed by atoms with Gasteiger partial charge in [-0.15, -0.1) is 0 Å². The first-order valence-electron chi connectivity index (χ1n) is 7.32. The van der Waals surface area contributed by atoms with Gasteiger partial charge in [0.2, 0.25) is 5.12 Å². The summed E-state index contributed by atoms with van der Waals surface area (Å²) < 4.78 is 2.05. The van der Waals surface area contributed by atoms with Gasteiger partial charge in [0.15, 0.2) is 0 Å². The molecule has 116 valence electrons. The fourth-order valence-corrected chi connectivity index (χ4v) is 2.93. The Kier molecular flexibility index (Phi) is 4.88. The SMILES string of the molecule is CSC(=O)c1ccc(C(Cn2ccnc2)c2cccnc2)cc1. The van der Waals surface area contributed by atoms with Crippen molar-refractivity contribution in [2.24, 2.45) is 0 Å². The first-order valence-corrected chi connectivity index (χ1v) is 8.54. The lowest BCUT2D eigenvalue weighted by molar-refractivity contribution is 0.108. The summed E-state index contributed by atoms with van der Waals surface area (Å²) in [5.41, 5.74) is 3.03.